The van der Waals surface area contributed by atoms with E-state index in [1.54, 1.807) is 30.3 Å². The molecule has 0 saturated carbocycles. The highest BCUT2D eigenvalue weighted by Crippen LogP contribution is 2.30. The number of nitrogens with zero attached hydrogens (tertiary/aromatic N) is 1. The lowest BCUT2D eigenvalue weighted by molar-refractivity contribution is 0.104. The van der Waals surface area contributed by atoms with Crippen molar-refractivity contribution in [3.05, 3.63) is 76.4 Å². The minimum atomic E-state index is -0.0996. The van der Waals surface area contributed by atoms with Crippen LogP contribution in [-0.2, 0) is 6.42 Å². The number of hydrogen-bond donors (Lipinski definition) is 1. The van der Waals surface area contributed by atoms with E-state index in [0.29, 0.717) is 11.1 Å². The molecule has 0 amide bonds. The van der Waals surface area contributed by atoms with E-state index in [-0.39, 0.29) is 11.3 Å². The zero-order chi connectivity index (χ0) is 17.3. The molecule has 2 aromatic carbocycles. The van der Waals surface area contributed by atoms with Gasteiger partial charge in [0.2, 0.25) is 0 Å². The molecule has 0 fully saturated rings. The molecule has 1 N–H and O–H groups in total. The first-order valence-corrected chi connectivity index (χ1v) is 8.02. The molecule has 0 aromatic heterocycles. The predicted octanol–water partition coefficient (Wildman–Crippen LogP) is 4.01. The van der Waals surface area contributed by atoms with Crippen LogP contribution in [0.5, 0.6) is 0 Å². The maximum absolute atomic E-state index is 12.6. The van der Waals surface area contributed by atoms with Crippen LogP contribution in [-0.4, -0.2) is 11.3 Å². The fraction of sp³-hybridized carbons (Fsp3) is 0.238. The van der Waals surface area contributed by atoms with E-state index in [9.17, 15) is 4.79 Å². The smallest absolute Gasteiger partial charge is 0.187 e. The van der Waals surface area contributed by atoms with Crippen LogP contribution in [0.25, 0.3) is 5.70 Å². The molecule has 0 saturated heterocycles. The zero-order valence-corrected chi connectivity index (χ0v) is 14.2. The van der Waals surface area contributed by atoms with Crippen molar-refractivity contribution >= 4 is 11.5 Å². The molecular weight excluding hydrogens is 296 g/mol. The van der Waals surface area contributed by atoms with Crippen LogP contribution < -0.4 is 5.32 Å². The molecule has 3 nitrogen and oxygen atoms in total. The number of nitrogens with one attached hydrogen (secondary N) is 1. The van der Waals surface area contributed by atoms with Crippen molar-refractivity contribution < 1.29 is 4.79 Å². The number of carbonyl (C=O) groups is 1. The number of nitriles is 1. The van der Waals surface area contributed by atoms with Crippen LogP contribution >= 0.6 is 0 Å². The molecule has 1 aliphatic heterocycles. The maximum atomic E-state index is 12.6. The summed E-state index contributed by atoms with van der Waals surface area (Å²) < 4.78 is 0. The van der Waals surface area contributed by atoms with Gasteiger partial charge in [0.15, 0.2) is 5.78 Å². The number of carbonyl (C=O) groups excluding carboxylic acids is 1. The molecule has 3 heteroatoms. The second-order valence-corrected chi connectivity index (χ2v) is 6.96. The number of allylic oxidation sites excluding steroid dienone is 1. The van der Waals surface area contributed by atoms with Gasteiger partial charge in [-0.3, -0.25) is 4.79 Å². The van der Waals surface area contributed by atoms with Gasteiger partial charge < -0.3 is 5.32 Å². The van der Waals surface area contributed by atoms with Crippen LogP contribution in [0.3, 0.4) is 0 Å². The molecule has 0 atom stereocenters. The summed E-state index contributed by atoms with van der Waals surface area (Å²) in [6.45, 7) is 6.36. The fourth-order valence-corrected chi connectivity index (χ4v) is 3.12. The predicted molar refractivity (Wildman–Crippen MR) is 95.6 cm³/mol. The van der Waals surface area contributed by atoms with E-state index in [0.717, 1.165) is 17.7 Å². The van der Waals surface area contributed by atoms with E-state index < -0.39 is 0 Å². The summed E-state index contributed by atoms with van der Waals surface area (Å²) in [6.07, 6.45) is 2.59. The number of hydrogen-bond acceptors (Lipinski definition) is 3. The summed E-state index contributed by atoms with van der Waals surface area (Å²) in [5, 5.41) is 12.3. The quantitative estimate of drug-likeness (QED) is 0.672. The van der Waals surface area contributed by atoms with Gasteiger partial charge in [-0.2, -0.15) is 5.26 Å². The lowest BCUT2D eigenvalue weighted by Gasteiger charge is -2.35. The van der Waals surface area contributed by atoms with Crippen molar-refractivity contribution in [1.29, 1.82) is 5.26 Å². The summed E-state index contributed by atoms with van der Waals surface area (Å²) in [5.41, 5.74) is 5.47. The highest BCUT2D eigenvalue weighted by Gasteiger charge is 2.27. The van der Waals surface area contributed by atoms with Gasteiger partial charge in [0, 0.05) is 28.4 Å². The van der Waals surface area contributed by atoms with Crippen LogP contribution in [0.4, 0.5) is 0 Å². The van der Waals surface area contributed by atoms with Gasteiger partial charge in [-0.1, -0.05) is 23.8 Å². The Hall–Kier alpha value is -2.86. The number of fused-ring (bicyclic) bond motifs is 1. The van der Waals surface area contributed by atoms with Gasteiger partial charge in [-0.15, -0.1) is 0 Å². The third-order valence-corrected chi connectivity index (χ3v) is 4.23. The average Bonchev–Trinajstić information content (AvgIpc) is 2.53. The van der Waals surface area contributed by atoms with Crippen LogP contribution in [0, 0.1) is 18.3 Å². The summed E-state index contributed by atoms with van der Waals surface area (Å²) in [4.78, 5) is 12.6. The first-order valence-electron chi connectivity index (χ1n) is 8.02. The Balaban J connectivity index is 1.99. The molecule has 3 rings (SSSR count). The average molecular weight is 316 g/mol. The van der Waals surface area contributed by atoms with Crippen molar-refractivity contribution in [2.45, 2.75) is 32.7 Å². The number of benzene rings is 2. The minimum absolute atomic E-state index is 0.0637. The second-order valence-electron chi connectivity index (χ2n) is 6.96. The minimum Gasteiger partial charge on any atom is -0.379 e. The van der Waals surface area contributed by atoms with E-state index in [2.05, 4.69) is 50.4 Å². The molecule has 1 heterocycles. The molecule has 0 radical (unpaired) electrons. The Bertz CT molecular complexity index is 868. The Morgan fingerprint density at radius 1 is 1.21 bits per heavy atom. The fourth-order valence-electron chi connectivity index (χ4n) is 3.12. The standard InChI is InChI=1S/C21H20N2O/c1-14-4-9-18-17(10-14)12-21(2,3)23-19(18)11-20(24)16-7-5-15(13-22)6-8-16/h4-11,23H,12H2,1-3H3. The summed E-state index contributed by atoms with van der Waals surface area (Å²) in [5.74, 6) is -0.0637. The number of ketones is 1. The van der Waals surface area contributed by atoms with Crippen molar-refractivity contribution in [2.75, 3.05) is 0 Å². The second kappa shape index (κ2) is 5.98. The van der Waals surface area contributed by atoms with Crippen molar-refractivity contribution in [1.82, 2.24) is 5.32 Å². The molecule has 24 heavy (non-hydrogen) atoms. The summed E-state index contributed by atoms with van der Waals surface area (Å²) in [7, 11) is 0. The highest BCUT2D eigenvalue weighted by molar-refractivity contribution is 6.08. The molecule has 2 aromatic rings. The van der Waals surface area contributed by atoms with Crippen molar-refractivity contribution in [2.24, 2.45) is 0 Å². The van der Waals surface area contributed by atoms with E-state index in [1.807, 2.05) is 0 Å². The molecule has 0 bridgehead atoms. The molecule has 0 spiro atoms. The highest BCUT2D eigenvalue weighted by atomic mass is 16.1. The van der Waals surface area contributed by atoms with Crippen LogP contribution in [0.1, 0.15) is 46.5 Å². The Morgan fingerprint density at radius 3 is 2.58 bits per heavy atom. The van der Waals surface area contributed by atoms with Crippen molar-refractivity contribution in [3.63, 3.8) is 0 Å². The van der Waals surface area contributed by atoms with E-state index in [1.165, 1.54) is 11.1 Å². The zero-order valence-electron chi connectivity index (χ0n) is 14.2. The van der Waals surface area contributed by atoms with E-state index >= 15 is 0 Å². The Morgan fingerprint density at radius 2 is 1.92 bits per heavy atom. The Labute approximate surface area is 142 Å². The van der Waals surface area contributed by atoms with Gasteiger partial charge >= 0.3 is 0 Å². The van der Waals surface area contributed by atoms with Gasteiger partial charge in [0.1, 0.15) is 0 Å². The van der Waals surface area contributed by atoms with Gasteiger partial charge in [0.05, 0.1) is 11.6 Å². The van der Waals surface area contributed by atoms with Gasteiger partial charge in [-0.25, -0.2) is 0 Å². The van der Waals surface area contributed by atoms with Crippen LogP contribution in [0.15, 0.2) is 48.5 Å². The topological polar surface area (TPSA) is 52.9 Å². The molecular formula is C21H20N2O. The molecule has 0 unspecified atom stereocenters. The lowest BCUT2D eigenvalue weighted by atomic mass is 9.84. The first-order chi connectivity index (χ1) is 11.4. The monoisotopic (exact) mass is 316 g/mol. The molecule has 0 aliphatic carbocycles. The molecule has 1 aliphatic rings. The Kier molecular flexibility index (Phi) is 3.99. The lowest BCUT2D eigenvalue weighted by Crippen LogP contribution is -2.43. The normalized spacial score (nSPS) is 16.8. The summed E-state index contributed by atoms with van der Waals surface area (Å²) in [6, 6.07) is 15.1. The number of aryl methyl sites for hydroxylation is 1. The van der Waals surface area contributed by atoms with E-state index in [4.69, 9.17) is 5.26 Å². The van der Waals surface area contributed by atoms with Gasteiger partial charge in [-0.05, 0) is 57.0 Å². The largest absolute Gasteiger partial charge is 0.379 e. The SMILES string of the molecule is Cc1ccc2c(c1)CC(C)(C)NC2=CC(=O)c1ccc(C#N)cc1. The third-order valence-electron chi connectivity index (χ3n) is 4.23. The number of rotatable bonds is 2. The molecule has 120 valence electrons. The maximum Gasteiger partial charge on any atom is 0.187 e. The third kappa shape index (κ3) is 3.23. The van der Waals surface area contributed by atoms with Gasteiger partial charge in [0.25, 0.3) is 0 Å². The van der Waals surface area contributed by atoms with Crippen LogP contribution in [0.2, 0.25) is 0 Å². The summed E-state index contributed by atoms with van der Waals surface area (Å²) >= 11 is 0. The van der Waals surface area contributed by atoms with Crippen molar-refractivity contribution in [3.8, 4) is 6.07 Å². The first kappa shape index (κ1) is 16.0.